The smallest absolute Gasteiger partial charge is 0.238 e. The molecule has 0 aromatic heterocycles. The highest BCUT2D eigenvalue weighted by atomic mass is 79.9. The lowest BCUT2D eigenvalue weighted by molar-refractivity contribution is -0.121. The van der Waals surface area contributed by atoms with E-state index in [1.807, 2.05) is 71.6 Å². The Bertz CT molecular complexity index is 1770. The first-order valence-electron chi connectivity index (χ1n) is 13.4. The van der Waals surface area contributed by atoms with Crippen LogP contribution in [0.3, 0.4) is 0 Å². The molecule has 4 aromatic carbocycles. The number of anilines is 2. The van der Waals surface area contributed by atoms with Gasteiger partial charge in [0.25, 0.3) is 0 Å². The largest absolute Gasteiger partial charge is 0.496 e. The molecule has 4 atom stereocenters. The number of carbonyl (C=O) groups is 3. The van der Waals surface area contributed by atoms with Crippen LogP contribution in [0, 0.1) is 5.92 Å². The van der Waals surface area contributed by atoms with Crippen molar-refractivity contribution in [3.05, 3.63) is 130 Å². The van der Waals surface area contributed by atoms with E-state index in [2.05, 4.69) is 21.2 Å². The Morgan fingerprint density at radius 3 is 2.39 bits per heavy atom. The minimum Gasteiger partial charge on any atom is -0.496 e. The van der Waals surface area contributed by atoms with Crippen molar-refractivity contribution in [3.8, 4) is 5.75 Å². The molecule has 0 bridgehead atoms. The number of hydrogen-bond acceptors (Lipinski definition) is 5. The summed E-state index contributed by atoms with van der Waals surface area (Å²) in [6, 6.07) is 27.9. The van der Waals surface area contributed by atoms with Crippen molar-refractivity contribution in [2.24, 2.45) is 5.92 Å². The van der Waals surface area contributed by atoms with Gasteiger partial charge >= 0.3 is 0 Å². The number of amides is 1. The molecule has 1 saturated heterocycles. The summed E-state index contributed by atoms with van der Waals surface area (Å²) in [7, 11) is 1.56. The van der Waals surface area contributed by atoms with E-state index in [1.165, 1.54) is 0 Å². The summed E-state index contributed by atoms with van der Waals surface area (Å²) in [6.07, 6.45) is 3.97. The molecule has 0 unspecified atom stereocenters. The van der Waals surface area contributed by atoms with Crippen LogP contribution in [0.2, 0.25) is 0 Å². The molecule has 41 heavy (non-hydrogen) atoms. The predicted molar refractivity (Wildman–Crippen MR) is 162 cm³/mol. The quantitative estimate of drug-likeness (QED) is 0.270. The summed E-state index contributed by atoms with van der Waals surface area (Å²) in [5.41, 5.74) is 2.67. The van der Waals surface area contributed by atoms with Gasteiger partial charge in [-0.3, -0.25) is 14.4 Å². The Morgan fingerprint density at radius 2 is 1.61 bits per heavy atom. The maximum absolute atomic E-state index is 14.8. The summed E-state index contributed by atoms with van der Waals surface area (Å²) in [5, 5.41) is 3.06. The van der Waals surface area contributed by atoms with Gasteiger partial charge in [-0.05, 0) is 57.4 Å². The van der Waals surface area contributed by atoms with Crippen LogP contribution in [-0.4, -0.2) is 36.7 Å². The summed E-state index contributed by atoms with van der Waals surface area (Å²) >= 11 is 3.52. The second kappa shape index (κ2) is 9.56. The van der Waals surface area contributed by atoms with Crippen LogP contribution in [0.1, 0.15) is 31.8 Å². The van der Waals surface area contributed by atoms with E-state index >= 15 is 0 Å². The first-order chi connectivity index (χ1) is 20.0. The number of methoxy groups -OCH3 is 1. The second-order valence-electron chi connectivity index (χ2n) is 10.5. The number of ether oxygens (including phenoxy) is 1. The maximum atomic E-state index is 14.8. The molecule has 3 heterocycles. The van der Waals surface area contributed by atoms with Gasteiger partial charge in [-0.2, -0.15) is 0 Å². The predicted octanol–water partition coefficient (Wildman–Crippen LogP) is 6.31. The minimum atomic E-state index is -1.34. The first-order valence-corrected chi connectivity index (χ1v) is 14.2. The van der Waals surface area contributed by atoms with Gasteiger partial charge in [-0.15, -0.1) is 0 Å². The average Bonchev–Trinajstić information content (AvgIpc) is 3.49. The van der Waals surface area contributed by atoms with Crippen LogP contribution < -0.4 is 15.0 Å². The Labute approximate surface area is 245 Å². The van der Waals surface area contributed by atoms with Gasteiger partial charge in [0.15, 0.2) is 11.6 Å². The standard InChI is InChI=1S/C34H25BrN2O4/c1-41-27-17-15-22(19-24(27)35)32(39)30-29(31(38)21-10-3-2-4-11-21)34(23-12-6-7-13-25(23)36-33(34)40)28-18-16-20-9-5-8-14-26(20)37(28)30/h2-19,28-30H,1H3,(H,36,40)/t28-,29-,30+,34-/m1/s1. The summed E-state index contributed by atoms with van der Waals surface area (Å²) in [5.74, 6) is -1.19. The summed E-state index contributed by atoms with van der Waals surface area (Å²) in [6.45, 7) is 0. The zero-order valence-electron chi connectivity index (χ0n) is 22.1. The Kier molecular flexibility index (Phi) is 5.94. The number of benzene rings is 4. The van der Waals surface area contributed by atoms with Gasteiger partial charge < -0.3 is 15.0 Å². The Balaban J connectivity index is 1.52. The average molecular weight is 605 g/mol. The molecule has 6 nitrogen and oxygen atoms in total. The van der Waals surface area contributed by atoms with Crippen molar-refractivity contribution in [3.63, 3.8) is 0 Å². The van der Waals surface area contributed by atoms with Crippen LogP contribution >= 0.6 is 15.9 Å². The fraction of sp³-hybridized carbons (Fsp3) is 0.147. The number of halogens is 1. The zero-order valence-corrected chi connectivity index (χ0v) is 23.7. The number of carbonyl (C=O) groups excluding carboxylic acids is 3. The molecular formula is C34H25BrN2O4. The summed E-state index contributed by atoms with van der Waals surface area (Å²) < 4.78 is 6.03. The second-order valence-corrected chi connectivity index (χ2v) is 11.4. The molecule has 1 N–H and O–H groups in total. The maximum Gasteiger partial charge on any atom is 0.238 e. The number of nitrogens with one attached hydrogen (secondary N) is 1. The van der Waals surface area contributed by atoms with Crippen LogP contribution in [0.15, 0.2) is 108 Å². The number of para-hydroxylation sites is 2. The van der Waals surface area contributed by atoms with E-state index in [4.69, 9.17) is 4.74 Å². The minimum absolute atomic E-state index is 0.244. The lowest BCUT2D eigenvalue weighted by Crippen LogP contribution is -2.51. The first kappa shape index (κ1) is 25.5. The van der Waals surface area contributed by atoms with E-state index in [9.17, 15) is 14.4 Å². The Morgan fingerprint density at radius 1 is 0.878 bits per heavy atom. The molecule has 1 amide bonds. The molecule has 7 heteroatoms. The molecule has 1 spiro atoms. The lowest BCUT2D eigenvalue weighted by atomic mass is 9.64. The number of ketones is 2. The monoisotopic (exact) mass is 604 g/mol. The lowest BCUT2D eigenvalue weighted by Gasteiger charge is -2.37. The van der Waals surface area contributed by atoms with E-state index in [0.29, 0.717) is 27.0 Å². The number of nitrogens with zero attached hydrogens (tertiary/aromatic N) is 1. The van der Waals surface area contributed by atoms with Gasteiger partial charge in [0.2, 0.25) is 5.91 Å². The van der Waals surface area contributed by atoms with Gasteiger partial charge in [0.1, 0.15) is 17.2 Å². The normalized spacial score (nSPS) is 23.5. The van der Waals surface area contributed by atoms with Crippen molar-refractivity contribution in [1.82, 2.24) is 0 Å². The van der Waals surface area contributed by atoms with Crippen molar-refractivity contribution in [2.75, 3.05) is 17.3 Å². The molecule has 1 fully saturated rings. The zero-order chi connectivity index (χ0) is 28.3. The highest BCUT2D eigenvalue weighted by Crippen LogP contribution is 2.58. The molecule has 0 aliphatic carbocycles. The molecular weight excluding hydrogens is 580 g/mol. The van der Waals surface area contributed by atoms with Crippen molar-refractivity contribution in [2.45, 2.75) is 17.5 Å². The van der Waals surface area contributed by atoms with Crippen molar-refractivity contribution >= 4 is 50.9 Å². The topological polar surface area (TPSA) is 75.7 Å². The SMILES string of the molecule is COc1ccc(C(=O)[C@@H]2[C@H](C(=O)c3ccccc3)[C@]3(C(=O)Nc4ccccc43)[C@H]3C=Cc4ccccc4N23)cc1Br. The van der Waals surface area contributed by atoms with Gasteiger partial charge in [-0.1, -0.05) is 78.9 Å². The van der Waals surface area contributed by atoms with Crippen LogP contribution in [-0.2, 0) is 10.2 Å². The number of rotatable bonds is 5. The third-order valence-electron chi connectivity index (χ3n) is 8.59. The number of hydrogen-bond donors (Lipinski definition) is 1. The van der Waals surface area contributed by atoms with Crippen LogP contribution in [0.5, 0.6) is 5.75 Å². The highest BCUT2D eigenvalue weighted by Gasteiger charge is 2.70. The van der Waals surface area contributed by atoms with E-state index in [1.54, 1.807) is 49.6 Å². The van der Waals surface area contributed by atoms with Crippen molar-refractivity contribution < 1.29 is 19.1 Å². The highest BCUT2D eigenvalue weighted by molar-refractivity contribution is 9.10. The fourth-order valence-electron chi connectivity index (χ4n) is 6.89. The summed E-state index contributed by atoms with van der Waals surface area (Å²) in [4.78, 5) is 45.8. The number of fused-ring (bicyclic) bond motifs is 6. The van der Waals surface area contributed by atoms with Gasteiger partial charge in [0, 0.05) is 22.5 Å². The molecule has 3 aliphatic heterocycles. The third-order valence-corrected chi connectivity index (χ3v) is 9.21. The van der Waals surface area contributed by atoms with Crippen LogP contribution in [0.4, 0.5) is 11.4 Å². The molecule has 0 radical (unpaired) electrons. The van der Waals surface area contributed by atoms with E-state index in [0.717, 1.165) is 16.8 Å². The van der Waals surface area contributed by atoms with E-state index < -0.39 is 23.4 Å². The third kappa shape index (κ3) is 3.58. The van der Waals surface area contributed by atoms with Crippen LogP contribution in [0.25, 0.3) is 6.08 Å². The molecule has 7 rings (SSSR count). The molecule has 202 valence electrons. The Hall–Kier alpha value is -4.49. The fourth-order valence-corrected chi connectivity index (χ4v) is 7.43. The molecule has 3 aliphatic rings. The molecule has 4 aromatic rings. The van der Waals surface area contributed by atoms with Gasteiger partial charge in [-0.25, -0.2) is 0 Å². The molecule has 0 saturated carbocycles. The van der Waals surface area contributed by atoms with Gasteiger partial charge in [0.05, 0.1) is 23.5 Å². The van der Waals surface area contributed by atoms with Crippen molar-refractivity contribution in [1.29, 1.82) is 0 Å². The number of Topliss-reactive ketones (excluding diaryl/α,β-unsaturated/α-hetero) is 2. The van der Waals surface area contributed by atoms with E-state index in [-0.39, 0.29) is 17.5 Å².